The molecule has 0 atom stereocenters. The maximum absolute atomic E-state index is 12.1. The van der Waals surface area contributed by atoms with Gasteiger partial charge in [0.25, 0.3) is 15.9 Å². The molecule has 0 aliphatic carbocycles. The largest absolute Gasteiger partial charge is 0.507 e. The zero-order chi connectivity index (χ0) is 17.9. The summed E-state index contributed by atoms with van der Waals surface area (Å²) in [7, 11) is -4.35. The SMILES string of the molecule is O=Cc1cc(S(=O)(=O)NC(=O)c2cc(C(=O)O)ccn2)ccc1O. The molecule has 2 rings (SSSR count). The van der Waals surface area contributed by atoms with Crippen molar-refractivity contribution in [2.45, 2.75) is 4.90 Å². The molecular weight excluding hydrogens is 340 g/mol. The van der Waals surface area contributed by atoms with E-state index in [0.717, 1.165) is 36.5 Å². The molecule has 3 N–H and O–H groups in total. The highest BCUT2D eigenvalue weighted by Crippen LogP contribution is 2.19. The number of aromatic nitrogens is 1. The molecule has 0 aliphatic heterocycles. The maximum Gasteiger partial charge on any atom is 0.335 e. The third kappa shape index (κ3) is 3.55. The fourth-order valence-electron chi connectivity index (χ4n) is 1.72. The number of carboxylic acids is 1. The molecule has 1 amide bonds. The van der Waals surface area contributed by atoms with E-state index in [0.29, 0.717) is 0 Å². The number of aldehydes is 1. The second-order valence-electron chi connectivity index (χ2n) is 4.51. The number of rotatable bonds is 5. The van der Waals surface area contributed by atoms with Gasteiger partial charge >= 0.3 is 5.97 Å². The lowest BCUT2D eigenvalue weighted by molar-refractivity contribution is 0.0696. The third-order valence-electron chi connectivity index (χ3n) is 2.90. The molecule has 9 nitrogen and oxygen atoms in total. The summed E-state index contributed by atoms with van der Waals surface area (Å²) in [5.41, 5.74) is -0.912. The molecule has 0 saturated heterocycles. The highest BCUT2D eigenvalue weighted by molar-refractivity contribution is 7.90. The first-order chi connectivity index (χ1) is 11.2. The van der Waals surface area contributed by atoms with Gasteiger partial charge in [0, 0.05) is 6.20 Å². The summed E-state index contributed by atoms with van der Waals surface area (Å²) < 4.78 is 26.0. The number of amides is 1. The minimum Gasteiger partial charge on any atom is -0.507 e. The Labute approximate surface area is 135 Å². The van der Waals surface area contributed by atoms with Crippen LogP contribution < -0.4 is 4.72 Å². The van der Waals surface area contributed by atoms with Crippen molar-refractivity contribution in [2.75, 3.05) is 0 Å². The van der Waals surface area contributed by atoms with Crippen LogP contribution in [0.3, 0.4) is 0 Å². The fourth-order valence-corrected chi connectivity index (χ4v) is 2.71. The minimum atomic E-state index is -4.35. The minimum absolute atomic E-state index is 0.236. The number of nitrogens with one attached hydrogen (secondary N) is 1. The summed E-state index contributed by atoms with van der Waals surface area (Å²) >= 11 is 0. The summed E-state index contributed by atoms with van der Waals surface area (Å²) in [6, 6.07) is 4.94. The van der Waals surface area contributed by atoms with Crippen LogP contribution in [0.1, 0.15) is 31.2 Å². The Morgan fingerprint density at radius 3 is 2.50 bits per heavy atom. The Hall–Kier alpha value is -3.27. The van der Waals surface area contributed by atoms with Crippen LogP contribution in [0.4, 0.5) is 0 Å². The smallest absolute Gasteiger partial charge is 0.335 e. The number of phenols is 1. The standard InChI is InChI=1S/C14H10N2O7S/c17-7-9-5-10(1-2-12(9)18)24(22,23)16-13(19)11-6-8(14(20)21)3-4-15-11/h1-7,18H,(H,16,19)(H,20,21). The number of carboxylic acid groups (broad SMARTS) is 1. The fraction of sp³-hybridized carbons (Fsp3) is 0. The number of phenolic OH excluding ortho intramolecular Hbond substituents is 1. The predicted octanol–water partition coefficient (Wildman–Crippen LogP) is 0.417. The molecule has 1 aromatic carbocycles. The Morgan fingerprint density at radius 2 is 1.88 bits per heavy atom. The molecule has 0 spiro atoms. The number of pyridine rings is 1. The van der Waals surface area contributed by atoms with E-state index in [4.69, 9.17) is 5.11 Å². The predicted molar refractivity (Wildman–Crippen MR) is 79.3 cm³/mol. The first-order valence-electron chi connectivity index (χ1n) is 6.29. The van der Waals surface area contributed by atoms with Crippen LogP contribution in [0.15, 0.2) is 41.4 Å². The van der Waals surface area contributed by atoms with Gasteiger partial charge in [-0.1, -0.05) is 0 Å². The number of carbonyl (C=O) groups is 3. The number of aromatic carboxylic acids is 1. The van der Waals surface area contributed by atoms with Gasteiger partial charge in [0.2, 0.25) is 0 Å². The van der Waals surface area contributed by atoms with Gasteiger partial charge in [0.1, 0.15) is 11.4 Å². The van der Waals surface area contributed by atoms with Gasteiger partial charge < -0.3 is 10.2 Å². The molecule has 124 valence electrons. The average Bonchev–Trinajstić information content (AvgIpc) is 2.54. The monoisotopic (exact) mass is 350 g/mol. The molecule has 2 aromatic rings. The Balaban J connectivity index is 2.32. The lowest BCUT2D eigenvalue weighted by Gasteiger charge is -2.08. The van der Waals surface area contributed by atoms with Crippen LogP contribution >= 0.6 is 0 Å². The Morgan fingerprint density at radius 1 is 1.17 bits per heavy atom. The van der Waals surface area contributed by atoms with E-state index in [-0.39, 0.29) is 17.4 Å². The van der Waals surface area contributed by atoms with Crippen molar-refractivity contribution in [3.63, 3.8) is 0 Å². The topological polar surface area (TPSA) is 151 Å². The summed E-state index contributed by atoms with van der Waals surface area (Å²) in [4.78, 5) is 36.7. The third-order valence-corrected chi connectivity index (χ3v) is 4.23. The summed E-state index contributed by atoms with van der Waals surface area (Å²) in [6.45, 7) is 0. The second-order valence-corrected chi connectivity index (χ2v) is 6.19. The number of benzene rings is 1. The summed E-state index contributed by atoms with van der Waals surface area (Å²) in [5.74, 6) is -2.85. The lowest BCUT2D eigenvalue weighted by Crippen LogP contribution is -2.31. The highest BCUT2D eigenvalue weighted by atomic mass is 32.2. The van der Waals surface area contributed by atoms with Gasteiger partial charge in [0.15, 0.2) is 6.29 Å². The van der Waals surface area contributed by atoms with Crippen LogP contribution in [0.2, 0.25) is 0 Å². The Kier molecular flexibility index (Phi) is 4.60. The first-order valence-corrected chi connectivity index (χ1v) is 7.77. The molecule has 0 saturated carbocycles. The van der Waals surface area contributed by atoms with E-state index in [1.807, 2.05) is 0 Å². The van der Waals surface area contributed by atoms with Gasteiger partial charge in [-0.2, -0.15) is 0 Å². The van der Waals surface area contributed by atoms with Crippen molar-refractivity contribution >= 4 is 28.2 Å². The van der Waals surface area contributed by atoms with Crippen LogP contribution in [0, 0.1) is 0 Å². The van der Waals surface area contributed by atoms with E-state index < -0.39 is 38.2 Å². The van der Waals surface area contributed by atoms with Crippen LogP contribution in [0.25, 0.3) is 0 Å². The van der Waals surface area contributed by atoms with Crippen molar-refractivity contribution in [3.8, 4) is 5.75 Å². The van der Waals surface area contributed by atoms with Gasteiger partial charge in [0.05, 0.1) is 16.0 Å². The number of aromatic hydroxyl groups is 1. The van der Waals surface area contributed by atoms with Crippen LogP contribution in [0.5, 0.6) is 5.75 Å². The quantitative estimate of drug-likeness (QED) is 0.656. The number of hydrogen-bond donors (Lipinski definition) is 3. The van der Waals surface area contributed by atoms with Crippen molar-refractivity contribution in [2.24, 2.45) is 0 Å². The van der Waals surface area contributed by atoms with Gasteiger partial charge in [-0.05, 0) is 30.3 Å². The molecule has 0 radical (unpaired) electrons. The molecule has 10 heteroatoms. The van der Waals surface area contributed by atoms with Crippen molar-refractivity contribution in [3.05, 3.63) is 53.3 Å². The van der Waals surface area contributed by atoms with Crippen molar-refractivity contribution in [1.82, 2.24) is 9.71 Å². The van der Waals surface area contributed by atoms with Crippen LogP contribution in [-0.2, 0) is 10.0 Å². The van der Waals surface area contributed by atoms with E-state index in [2.05, 4.69) is 4.98 Å². The molecular formula is C14H10N2O7S. The highest BCUT2D eigenvalue weighted by Gasteiger charge is 2.21. The van der Waals surface area contributed by atoms with E-state index >= 15 is 0 Å². The first kappa shape index (κ1) is 17.1. The molecule has 0 aliphatic rings. The maximum atomic E-state index is 12.1. The van der Waals surface area contributed by atoms with Gasteiger partial charge in [-0.25, -0.2) is 17.9 Å². The molecule has 1 heterocycles. The molecule has 0 bridgehead atoms. The van der Waals surface area contributed by atoms with Gasteiger partial charge in [-0.15, -0.1) is 0 Å². The number of carbonyl (C=O) groups excluding carboxylic acids is 2. The normalized spacial score (nSPS) is 10.8. The number of sulfonamides is 1. The van der Waals surface area contributed by atoms with E-state index in [1.165, 1.54) is 0 Å². The molecule has 24 heavy (non-hydrogen) atoms. The zero-order valence-corrected chi connectivity index (χ0v) is 12.6. The molecule has 1 aromatic heterocycles. The van der Waals surface area contributed by atoms with Crippen molar-refractivity contribution in [1.29, 1.82) is 0 Å². The molecule has 0 fully saturated rings. The molecule has 0 unspecified atom stereocenters. The van der Waals surface area contributed by atoms with Crippen molar-refractivity contribution < 1.29 is 33.0 Å². The average molecular weight is 350 g/mol. The second kappa shape index (κ2) is 6.46. The van der Waals surface area contributed by atoms with E-state index in [1.54, 1.807) is 4.72 Å². The Bertz CT molecular complexity index is 938. The number of nitrogens with zero attached hydrogens (tertiary/aromatic N) is 1. The van der Waals surface area contributed by atoms with Gasteiger partial charge in [-0.3, -0.25) is 14.6 Å². The van der Waals surface area contributed by atoms with E-state index in [9.17, 15) is 27.9 Å². The lowest BCUT2D eigenvalue weighted by atomic mass is 10.2. The number of hydrogen-bond acceptors (Lipinski definition) is 7. The van der Waals surface area contributed by atoms with Crippen LogP contribution in [-0.4, -0.2) is 41.8 Å². The zero-order valence-electron chi connectivity index (χ0n) is 11.8. The summed E-state index contributed by atoms with van der Waals surface area (Å²) in [6.07, 6.45) is 1.31. The summed E-state index contributed by atoms with van der Waals surface area (Å²) in [5, 5.41) is 18.2.